The number of aromatic nitrogens is 2. The number of nitrogens with one attached hydrogen (secondary N) is 1. The lowest BCUT2D eigenvalue weighted by atomic mass is 10.0. The van der Waals surface area contributed by atoms with Gasteiger partial charge in [-0.1, -0.05) is 12.1 Å². The number of nitrogens with zero attached hydrogens (tertiary/aromatic N) is 2. The van der Waals surface area contributed by atoms with Gasteiger partial charge < -0.3 is 25.0 Å². The number of carbonyl (C=O) groups is 2. The van der Waals surface area contributed by atoms with Crippen LogP contribution in [0, 0.1) is 11.6 Å². The van der Waals surface area contributed by atoms with E-state index in [4.69, 9.17) is 9.47 Å². The SMILES string of the molecule is O=C(O)CC(NC(=O)c1cc(O)n(-c2ccc(F)cc2F)n1)c1cccc2c1OCO2. The van der Waals surface area contributed by atoms with Gasteiger partial charge in [-0.2, -0.15) is 9.78 Å². The minimum atomic E-state index is -1.18. The van der Waals surface area contributed by atoms with Gasteiger partial charge in [-0.05, 0) is 18.2 Å². The second-order valence-electron chi connectivity index (χ2n) is 6.60. The van der Waals surface area contributed by atoms with Crippen molar-refractivity contribution in [3.63, 3.8) is 0 Å². The van der Waals surface area contributed by atoms with E-state index >= 15 is 0 Å². The molecule has 0 aliphatic carbocycles. The highest BCUT2D eigenvalue weighted by Crippen LogP contribution is 2.39. The number of carboxylic acid groups (broad SMARTS) is 1. The van der Waals surface area contributed by atoms with Crippen molar-refractivity contribution in [3.05, 3.63) is 65.4 Å². The van der Waals surface area contributed by atoms with Crippen LogP contribution in [0.15, 0.2) is 42.5 Å². The number of para-hydroxylation sites is 1. The van der Waals surface area contributed by atoms with Crippen molar-refractivity contribution >= 4 is 11.9 Å². The molecule has 0 saturated carbocycles. The van der Waals surface area contributed by atoms with Gasteiger partial charge >= 0.3 is 5.97 Å². The van der Waals surface area contributed by atoms with Gasteiger partial charge in [0.1, 0.15) is 11.5 Å². The van der Waals surface area contributed by atoms with Crippen LogP contribution in [0.1, 0.15) is 28.5 Å². The molecule has 160 valence electrons. The lowest BCUT2D eigenvalue weighted by molar-refractivity contribution is -0.137. The van der Waals surface area contributed by atoms with Crippen molar-refractivity contribution in [2.45, 2.75) is 12.5 Å². The minimum absolute atomic E-state index is 0.0401. The maximum absolute atomic E-state index is 14.0. The van der Waals surface area contributed by atoms with Gasteiger partial charge in [0.15, 0.2) is 23.0 Å². The van der Waals surface area contributed by atoms with Crippen LogP contribution >= 0.6 is 0 Å². The van der Waals surface area contributed by atoms with E-state index in [0.717, 1.165) is 22.9 Å². The first-order valence-corrected chi connectivity index (χ1v) is 8.99. The Bertz CT molecular complexity index is 1180. The summed E-state index contributed by atoms with van der Waals surface area (Å²) in [6.45, 7) is -0.0401. The van der Waals surface area contributed by atoms with Crippen LogP contribution in [-0.2, 0) is 4.79 Å². The van der Waals surface area contributed by atoms with Gasteiger partial charge in [0.05, 0.1) is 12.5 Å². The van der Waals surface area contributed by atoms with E-state index in [1.165, 1.54) is 0 Å². The molecule has 3 aromatic rings. The second kappa shape index (κ2) is 7.94. The molecule has 0 bridgehead atoms. The van der Waals surface area contributed by atoms with E-state index in [1.54, 1.807) is 18.2 Å². The second-order valence-corrected chi connectivity index (χ2v) is 6.60. The Balaban J connectivity index is 1.63. The molecule has 0 saturated heterocycles. The van der Waals surface area contributed by atoms with Crippen LogP contribution in [0.4, 0.5) is 8.78 Å². The molecule has 1 aliphatic heterocycles. The first-order chi connectivity index (χ1) is 14.8. The number of hydrogen-bond donors (Lipinski definition) is 3. The van der Waals surface area contributed by atoms with E-state index in [0.29, 0.717) is 23.1 Å². The van der Waals surface area contributed by atoms with Crippen LogP contribution in [0.2, 0.25) is 0 Å². The summed E-state index contributed by atoms with van der Waals surface area (Å²) in [5, 5.41) is 25.7. The summed E-state index contributed by atoms with van der Waals surface area (Å²) in [7, 11) is 0. The number of aliphatic carboxylic acids is 1. The monoisotopic (exact) mass is 431 g/mol. The van der Waals surface area contributed by atoms with Gasteiger partial charge in [0.2, 0.25) is 12.7 Å². The third-order valence-electron chi connectivity index (χ3n) is 4.55. The number of fused-ring (bicyclic) bond motifs is 1. The quantitative estimate of drug-likeness (QED) is 0.548. The molecule has 3 N–H and O–H groups in total. The molecule has 0 spiro atoms. The Morgan fingerprint density at radius 3 is 2.74 bits per heavy atom. The molecule has 11 heteroatoms. The first kappa shape index (κ1) is 20.1. The highest BCUT2D eigenvalue weighted by Gasteiger charge is 2.28. The summed E-state index contributed by atoms with van der Waals surface area (Å²) in [5.74, 6) is -3.65. The number of halogens is 2. The van der Waals surface area contributed by atoms with Crippen molar-refractivity contribution in [2.24, 2.45) is 0 Å². The van der Waals surface area contributed by atoms with Crippen molar-refractivity contribution in [2.75, 3.05) is 6.79 Å². The van der Waals surface area contributed by atoms with Crippen molar-refractivity contribution in [1.29, 1.82) is 0 Å². The lowest BCUT2D eigenvalue weighted by Gasteiger charge is -2.18. The third kappa shape index (κ3) is 3.97. The molecule has 1 aromatic heterocycles. The number of carbonyl (C=O) groups excluding carboxylic acids is 1. The Kier molecular flexibility index (Phi) is 5.15. The van der Waals surface area contributed by atoms with E-state index < -0.39 is 41.9 Å². The van der Waals surface area contributed by atoms with Gasteiger partial charge in [0.25, 0.3) is 5.91 Å². The standard InChI is InChI=1S/C20H15F2N3O6/c21-10-4-5-15(12(22)6-10)25-17(26)7-14(24-25)20(29)23-13(8-18(27)28)11-2-1-3-16-19(11)31-9-30-16/h1-7,13,26H,8-9H2,(H,23,29)(H,27,28). The largest absolute Gasteiger partial charge is 0.493 e. The zero-order valence-electron chi connectivity index (χ0n) is 15.7. The molecule has 1 atom stereocenters. The summed E-state index contributed by atoms with van der Waals surface area (Å²) >= 11 is 0. The van der Waals surface area contributed by atoms with Gasteiger partial charge in [-0.25, -0.2) is 8.78 Å². The van der Waals surface area contributed by atoms with Gasteiger partial charge in [-0.3, -0.25) is 9.59 Å². The van der Waals surface area contributed by atoms with Crippen molar-refractivity contribution in [3.8, 4) is 23.1 Å². The lowest BCUT2D eigenvalue weighted by Crippen LogP contribution is -2.30. The smallest absolute Gasteiger partial charge is 0.305 e. The Morgan fingerprint density at radius 1 is 1.19 bits per heavy atom. The molecule has 2 aromatic carbocycles. The van der Waals surface area contributed by atoms with E-state index in [9.17, 15) is 28.6 Å². The molecule has 1 amide bonds. The highest BCUT2D eigenvalue weighted by atomic mass is 19.1. The van der Waals surface area contributed by atoms with Crippen LogP contribution in [-0.4, -0.2) is 38.7 Å². The fraction of sp³-hybridized carbons (Fsp3) is 0.150. The maximum Gasteiger partial charge on any atom is 0.305 e. The summed E-state index contributed by atoms with van der Waals surface area (Å²) in [6.07, 6.45) is -0.467. The average Bonchev–Trinajstić information content (AvgIpc) is 3.33. The van der Waals surface area contributed by atoms with Crippen molar-refractivity contribution < 1.29 is 38.1 Å². The van der Waals surface area contributed by atoms with Crippen LogP contribution in [0.5, 0.6) is 17.4 Å². The molecule has 2 heterocycles. The number of benzene rings is 2. The topological polar surface area (TPSA) is 123 Å². The molecule has 0 radical (unpaired) electrons. The van der Waals surface area contributed by atoms with E-state index in [1.807, 2.05) is 0 Å². The molecule has 1 unspecified atom stereocenters. The summed E-state index contributed by atoms with van der Waals surface area (Å²) in [5.41, 5.74) is -0.188. The number of ether oxygens (including phenoxy) is 2. The predicted octanol–water partition coefficient (Wildman–Crippen LogP) is 2.53. The van der Waals surface area contributed by atoms with Crippen molar-refractivity contribution in [1.82, 2.24) is 15.1 Å². The molecular weight excluding hydrogens is 416 g/mol. The van der Waals surface area contributed by atoms with E-state index in [2.05, 4.69) is 10.4 Å². The average molecular weight is 431 g/mol. The summed E-state index contributed by atoms with van der Waals surface area (Å²) < 4.78 is 38.6. The molecule has 31 heavy (non-hydrogen) atoms. The van der Waals surface area contributed by atoms with Crippen LogP contribution in [0.3, 0.4) is 0 Å². The van der Waals surface area contributed by atoms with Crippen LogP contribution < -0.4 is 14.8 Å². The highest BCUT2D eigenvalue weighted by molar-refractivity contribution is 5.93. The first-order valence-electron chi connectivity index (χ1n) is 8.99. The third-order valence-corrected chi connectivity index (χ3v) is 4.55. The summed E-state index contributed by atoms with van der Waals surface area (Å²) in [4.78, 5) is 24.1. The zero-order valence-corrected chi connectivity index (χ0v) is 15.7. The molecule has 9 nitrogen and oxygen atoms in total. The zero-order chi connectivity index (χ0) is 22.1. The summed E-state index contributed by atoms with van der Waals surface area (Å²) in [6, 6.07) is 7.46. The van der Waals surface area contributed by atoms with E-state index in [-0.39, 0.29) is 18.2 Å². The van der Waals surface area contributed by atoms with Gasteiger partial charge in [-0.15, -0.1) is 0 Å². The molecule has 0 fully saturated rings. The van der Waals surface area contributed by atoms with Gasteiger partial charge in [0, 0.05) is 17.7 Å². The van der Waals surface area contributed by atoms with Crippen LogP contribution in [0.25, 0.3) is 5.69 Å². The fourth-order valence-corrected chi connectivity index (χ4v) is 3.19. The number of amides is 1. The molecule has 4 rings (SSSR count). The fourth-order valence-electron chi connectivity index (χ4n) is 3.19. The molecule has 1 aliphatic rings. The Hall–Kier alpha value is -4.15. The number of rotatable bonds is 6. The number of hydrogen-bond acceptors (Lipinski definition) is 6. The minimum Gasteiger partial charge on any atom is -0.493 e. The number of carboxylic acids is 1. The predicted molar refractivity (Wildman–Crippen MR) is 100 cm³/mol. The molecular formula is C20H15F2N3O6. The maximum atomic E-state index is 14.0. The Labute approximate surface area is 173 Å². The number of aromatic hydroxyl groups is 1. The Morgan fingerprint density at radius 2 is 2.00 bits per heavy atom. The normalized spacial score (nSPS) is 13.1.